The SMILES string of the molecule is CCn1c(CSc2nnc(-c3ccccc3F)n2N)nc2cc(S(=O)(=O)N(C)C)ccc21. The van der Waals surface area contributed by atoms with Crippen molar-refractivity contribution < 1.29 is 12.8 Å². The Labute approximate surface area is 189 Å². The molecule has 2 aromatic carbocycles. The van der Waals surface area contributed by atoms with Crippen LogP contribution in [0.4, 0.5) is 4.39 Å². The molecule has 4 aromatic rings. The summed E-state index contributed by atoms with van der Waals surface area (Å²) in [4.78, 5) is 4.83. The molecule has 12 heteroatoms. The maximum Gasteiger partial charge on any atom is 0.242 e. The minimum absolute atomic E-state index is 0.186. The van der Waals surface area contributed by atoms with Gasteiger partial charge in [-0.2, -0.15) is 0 Å². The van der Waals surface area contributed by atoms with E-state index in [4.69, 9.17) is 5.84 Å². The molecule has 0 aliphatic heterocycles. The first-order valence-electron chi connectivity index (χ1n) is 9.74. The van der Waals surface area contributed by atoms with Gasteiger partial charge in [0, 0.05) is 20.6 Å². The van der Waals surface area contributed by atoms with Gasteiger partial charge in [-0.25, -0.2) is 26.8 Å². The van der Waals surface area contributed by atoms with Gasteiger partial charge in [-0.1, -0.05) is 23.9 Å². The van der Waals surface area contributed by atoms with Crippen molar-refractivity contribution in [3.05, 3.63) is 54.1 Å². The first-order valence-corrected chi connectivity index (χ1v) is 12.2. The van der Waals surface area contributed by atoms with E-state index >= 15 is 0 Å². The number of halogens is 1. The Bertz CT molecular complexity index is 1400. The van der Waals surface area contributed by atoms with Gasteiger partial charge >= 0.3 is 0 Å². The van der Waals surface area contributed by atoms with Crippen LogP contribution in [0, 0.1) is 5.82 Å². The third-order valence-corrected chi connectivity index (χ3v) is 7.75. The van der Waals surface area contributed by atoms with Gasteiger partial charge in [0.15, 0.2) is 5.82 Å². The first kappa shape index (κ1) is 22.2. The summed E-state index contributed by atoms with van der Waals surface area (Å²) in [7, 11) is -0.575. The van der Waals surface area contributed by atoms with Crippen LogP contribution in [0.5, 0.6) is 0 Å². The van der Waals surface area contributed by atoms with E-state index in [2.05, 4.69) is 15.2 Å². The number of nitrogens with two attached hydrogens (primary N) is 1. The first-order chi connectivity index (χ1) is 15.2. The van der Waals surface area contributed by atoms with Gasteiger partial charge in [0.1, 0.15) is 11.6 Å². The number of thioether (sulfide) groups is 1. The molecule has 2 N–H and O–H groups in total. The predicted molar refractivity (Wildman–Crippen MR) is 121 cm³/mol. The second kappa shape index (κ2) is 8.52. The molecule has 9 nitrogen and oxygen atoms in total. The van der Waals surface area contributed by atoms with E-state index in [1.807, 2.05) is 11.5 Å². The van der Waals surface area contributed by atoms with Crippen LogP contribution in [-0.4, -0.2) is 51.2 Å². The zero-order chi connectivity index (χ0) is 23.0. The lowest BCUT2D eigenvalue weighted by Gasteiger charge is -2.11. The highest BCUT2D eigenvalue weighted by atomic mass is 32.2. The van der Waals surface area contributed by atoms with Gasteiger partial charge in [-0.05, 0) is 37.3 Å². The van der Waals surface area contributed by atoms with Crippen LogP contribution in [0.2, 0.25) is 0 Å². The highest BCUT2D eigenvalue weighted by molar-refractivity contribution is 7.98. The summed E-state index contributed by atoms with van der Waals surface area (Å²) < 4.78 is 43.4. The molecule has 0 bridgehead atoms. The fraction of sp³-hybridized carbons (Fsp3) is 0.250. The van der Waals surface area contributed by atoms with Crippen molar-refractivity contribution in [1.29, 1.82) is 0 Å². The van der Waals surface area contributed by atoms with Crippen LogP contribution in [0.1, 0.15) is 12.7 Å². The fourth-order valence-electron chi connectivity index (χ4n) is 3.32. The number of aryl methyl sites for hydroxylation is 1. The van der Waals surface area contributed by atoms with Crippen LogP contribution in [0.3, 0.4) is 0 Å². The number of benzene rings is 2. The minimum Gasteiger partial charge on any atom is -0.335 e. The van der Waals surface area contributed by atoms with E-state index < -0.39 is 15.8 Å². The van der Waals surface area contributed by atoms with Gasteiger partial charge < -0.3 is 10.4 Å². The van der Waals surface area contributed by atoms with Gasteiger partial charge in [0.25, 0.3) is 0 Å². The van der Waals surface area contributed by atoms with E-state index in [0.717, 1.165) is 11.3 Å². The molecule has 0 aliphatic carbocycles. The molecule has 4 rings (SSSR count). The van der Waals surface area contributed by atoms with Crippen molar-refractivity contribution in [2.24, 2.45) is 0 Å². The molecule has 168 valence electrons. The number of sulfonamides is 1. The van der Waals surface area contributed by atoms with Gasteiger partial charge in [-0.15, -0.1) is 10.2 Å². The average Bonchev–Trinajstić information content (AvgIpc) is 3.31. The van der Waals surface area contributed by atoms with E-state index in [9.17, 15) is 12.8 Å². The standard InChI is InChI=1S/C20H22FN7O2S2/c1-4-27-17-10-9-13(32(29,30)26(2)3)11-16(17)23-18(27)12-31-20-25-24-19(28(20)22)14-7-5-6-8-15(14)21/h5-11H,4,12,22H2,1-3H3. The van der Waals surface area contributed by atoms with E-state index in [1.165, 1.54) is 40.9 Å². The van der Waals surface area contributed by atoms with E-state index in [1.54, 1.807) is 36.4 Å². The number of hydrogen-bond acceptors (Lipinski definition) is 7. The summed E-state index contributed by atoms with van der Waals surface area (Å²) in [6.45, 7) is 2.64. The maximum absolute atomic E-state index is 14.1. The third-order valence-electron chi connectivity index (χ3n) is 5.00. The van der Waals surface area contributed by atoms with Gasteiger partial charge in [-0.3, -0.25) is 0 Å². The number of rotatable bonds is 7. The molecule has 2 heterocycles. The summed E-state index contributed by atoms with van der Waals surface area (Å²) in [6, 6.07) is 11.1. The summed E-state index contributed by atoms with van der Waals surface area (Å²) in [6.07, 6.45) is 0. The zero-order valence-corrected chi connectivity index (χ0v) is 19.4. The fourth-order valence-corrected chi connectivity index (χ4v) is 5.05. The molecule has 0 spiro atoms. The third kappa shape index (κ3) is 3.85. The Morgan fingerprint density at radius 1 is 1.16 bits per heavy atom. The molecule has 0 unspecified atom stereocenters. The zero-order valence-electron chi connectivity index (χ0n) is 17.7. The summed E-state index contributed by atoms with van der Waals surface area (Å²) in [5.41, 5.74) is 1.69. The van der Waals surface area contributed by atoms with Crippen LogP contribution in [-0.2, 0) is 22.3 Å². The second-order valence-electron chi connectivity index (χ2n) is 7.15. The van der Waals surface area contributed by atoms with Crippen LogP contribution >= 0.6 is 11.8 Å². The molecule has 0 radical (unpaired) electrons. The molecule has 0 fully saturated rings. The molecular formula is C20H22FN7O2S2. The minimum atomic E-state index is -3.56. The summed E-state index contributed by atoms with van der Waals surface area (Å²) >= 11 is 1.31. The normalized spacial score (nSPS) is 12.2. The van der Waals surface area contributed by atoms with Crippen LogP contribution in [0.25, 0.3) is 22.4 Å². The number of fused-ring (bicyclic) bond motifs is 1. The van der Waals surface area contributed by atoms with Crippen molar-refractivity contribution in [3.63, 3.8) is 0 Å². The predicted octanol–water partition coefficient (Wildman–Crippen LogP) is 2.71. The number of nitrogens with zero attached hydrogens (tertiary/aromatic N) is 6. The largest absolute Gasteiger partial charge is 0.335 e. The molecule has 2 aromatic heterocycles. The van der Waals surface area contributed by atoms with Gasteiger partial charge in [0.05, 0.1) is 27.2 Å². The topological polar surface area (TPSA) is 112 Å². The Hall–Kier alpha value is -2.96. The van der Waals surface area contributed by atoms with Crippen molar-refractivity contribution in [2.45, 2.75) is 29.3 Å². The molecule has 0 aliphatic rings. The highest BCUT2D eigenvalue weighted by Crippen LogP contribution is 2.28. The van der Waals surface area contributed by atoms with Crippen molar-refractivity contribution in [1.82, 2.24) is 28.7 Å². The van der Waals surface area contributed by atoms with Gasteiger partial charge in [0.2, 0.25) is 15.2 Å². The Morgan fingerprint density at radius 3 is 2.59 bits per heavy atom. The quantitative estimate of drug-likeness (QED) is 0.323. The Balaban J connectivity index is 1.63. The average molecular weight is 476 g/mol. The van der Waals surface area contributed by atoms with E-state index in [0.29, 0.717) is 23.0 Å². The molecule has 0 saturated heterocycles. The number of aromatic nitrogens is 5. The number of hydrogen-bond donors (Lipinski definition) is 1. The molecule has 0 saturated carbocycles. The monoisotopic (exact) mass is 475 g/mol. The number of imidazole rings is 1. The Kier molecular flexibility index (Phi) is 5.93. The maximum atomic E-state index is 14.1. The summed E-state index contributed by atoms with van der Waals surface area (Å²) in [5, 5.41) is 8.53. The lowest BCUT2D eigenvalue weighted by atomic mass is 10.2. The molecule has 32 heavy (non-hydrogen) atoms. The van der Waals surface area contributed by atoms with Crippen LogP contribution in [0.15, 0.2) is 52.5 Å². The Morgan fingerprint density at radius 2 is 1.91 bits per heavy atom. The second-order valence-corrected chi connectivity index (χ2v) is 10.2. The van der Waals surface area contributed by atoms with Crippen molar-refractivity contribution >= 4 is 32.8 Å². The molecular weight excluding hydrogens is 453 g/mol. The highest BCUT2D eigenvalue weighted by Gasteiger charge is 2.20. The lowest BCUT2D eigenvalue weighted by molar-refractivity contribution is 0.521. The van der Waals surface area contributed by atoms with E-state index in [-0.39, 0.29) is 16.3 Å². The molecule has 0 atom stereocenters. The van der Waals surface area contributed by atoms with Crippen molar-refractivity contribution in [2.75, 3.05) is 19.9 Å². The summed E-state index contributed by atoms with van der Waals surface area (Å²) in [5.74, 6) is 7.07. The lowest BCUT2D eigenvalue weighted by Crippen LogP contribution is -2.22. The number of nitrogen functional groups attached to an aromatic ring is 1. The smallest absolute Gasteiger partial charge is 0.242 e. The molecule has 0 amide bonds. The van der Waals surface area contributed by atoms with Crippen LogP contribution < -0.4 is 5.84 Å². The van der Waals surface area contributed by atoms with Crippen molar-refractivity contribution in [3.8, 4) is 11.4 Å².